The zero-order valence-corrected chi connectivity index (χ0v) is 6.62. The maximum absolute atomic E-state index is 5.69. The Morgan fingerprint density at radius 3 is 3.18 bits per heavy atom. The van der Waals surface area contributed by atoms with E-state index in [2.05, 4.69) is 21.5 Å². The molecular formula is C7H12N4. The molecule has 1 aliphatic heterocycles. The van der Waals surface area contributed by atoms with Gasteiger partial charge in [0.2, 0.25) is 0 Å². The van der Waals surface area contributed by atoms with Crippen LogP contribution in [0.4, 0.5) is 5.82 Å². The highest BCUT2D eigenvalue weighted by Gasteiger charge is 2.14. The van der Waals surface area contributed by atoms with Crippen molar-refractivity contribution in [3.05, 3.63) is 12.0 Å². The Morgan fingerprint density at radius 2 is 2.36 bits per heavy atom. The lowest BCUT2D eigenvalue weighted by atomic mass is 10.4. The van der Waals surface area contributed by atoms with Crippen LogP contribution in [0.3, 0.4) is 0 Å². The van der Waals surface area contributed by atoms with Gasteiger partial charge in [-0.3, -0.25) is 4.90 Å². The fourth-order valence-corrected chi connectivity index (χ4v) is 1.40. The van der Waals surface area contributed by atoms with Crippen molar-refractivity contribution >= 4 is 5.82 Å². The molecule has 60 valence electrons. The predicted molar refractivity (Wildman–Crippen MR) is 43.0 cm³/mol. The van der Waals surface area contributed by atoms with Gasteiger partial charge in [0.1, 0.15) is 11.6 Å². The van der Waals surface area contributed by atoms with Crippen molar-refractivity contribution < 1.29 is 0 Å². The molecular weight excluding hydrogens is 140 g/mol. The van der Waals surface area contributed by atoms with Gasteiger partial charge in [-0.25, -0.2) is 4.98 Å². The van der Waals surface area contributed by atoms with E-state index in [0.29, 0.717) is 0 Å². The van der Waals surface area contributed by atoms with Crippen molar-refractivity contribution in [2.24, 2.45) is 0 Å². The van der Waals surface area contributed by atoms with Crippen LogP contribution in [-0.2, 0) is 13.1 Å². The van der Waals surface area contributed by atoms with Crippen LogP contribution in [0.5, 0.6) is 0 Å². The first kappa shape index (κ1) is 6.67. The minimum Gasteiger partial charge on any atom is -0.384 e. The molecule has 1 aromatic heterocycles. The highest BCUT2D eigenvalue weighted by molar-refractivity contribution is 5.28. The third-order valence-corrected chi connectivity index (χ3v) is 2.09. The summed E-state index contributed by atoms with van der Waals surface area (Å²) in [6.45, 7) is 2.95. The SMILES string of the molecule is CN1CCn2c(N)cnc2C1. The van der Waals surface area contributed by atoms with Gasteiger partial charge in [0.05, 0.1) is 12.7 Å². The highest BCUT2D eigenvalue weighted by atomic mass is 15.2. The summed E-state index contributed by atoms with van der Waals surface area (Å²) in [6.07, 6.45) is 1.73. The van der Waals surface area contributed by atoms with E-state index in [9.17, 15) is 0 Å². The number of nitrogen functional groups attached to an aromatic ring is 1. The van der Waals surface area contributed by atoms with Crippen LogP contribution in [0.25, 0.3) is 0 Å². The van der Waals surface area contributed by atoms with E-state index in [0.717, 1.165) is 31.3 Å². The molecule has 1 aromatic rings. The molecule has 0 fully saturated rings. The molecule has 0 spiro atoms. The van der Waals surface area contributed by atoms with Gasteiger partial charge >= 0.3 is 0 Å². The van der Waals surface area contributed by atoms with E-state index in [1.807, 2.05) is 0 Å². The third-order valence-electron chi connectivity index (χ3n) is 2.09. The number of hydrogen-bond donors (Lipinski definition) is 1. The number of imidazole rings is 1. The average molecular weight is 152 g/mol. The third kappa shape index (κ3) is 0.991. The Labute approximate surface area is 65.6 Å². The van der Waals surface area contributed by atoms with Crippen LogP contribution in [-0.4, -0.2) is 28.0 Å². The highest BCUT2D eigenvalue weighted by Crippen LogP contribution is 2.13. The topological polar surface area (TPSA) is 47.1 Å². The second-order valence-corrected chi connectivity index (χ2v) is 2.99. The zero-order chi connectivity index (χ0) is 7.84. The van der Waals surface area contributed by atoms with Gasteiger partial charge in [-0.1, -0.05) is 0 Å². The van der Waals surface area contributed by atoms with Crippen LogP contribution in [0, 0.1) is 0 Å². The van der Waals surface area contributed by atoms with Crippen molar-refractivity contribution in [2.75, 3.05) is 19.3 Å². The molecule has 2 rings (SSSR count). The van der Waals surface area contributed by atoms with E-state index in [1.165, 1.54) is 0 Å². The number of aromatic nitrogens is 2. The summed E-state index contributed by atoms with van der Waals surface area (Å²) >= 11 is 0. The minimum atomic E-state index is 0.785. The Balaban J connectivity index is 2.36. The number of hydrogen-bond acceptors (Lipinski definition) is 3. The van der Waals surface area contributed by atoms with Crippen molar-refractivity contribution in [1.29, 1.82) is 0 Å². The van der Waals surface area contributed by atoms with Crippen LogP contribution in [0.2, 0.25) is 0 Å². The van der Waals surface area contributed by atoms with Gasteiger partial charge in [0.15, 0.2) is 0 Å². The molecule has 0 radical (unpaired) electrons. The maximum atomic E-state index is 5.69. The Kier molecular flexibility index (Phi) is 1.35. The summed E-state index contributed by atoms with van der Waals surface area (Å²) in [6, 6.07) is 0. The maximum Gasteiger partial charge on any atom is 0.124 e. The fraction of sp³-hybridized carbons (Fsp3) is 0.571. The molecule has 0 aromatic carbocycles. The van der Waals surface area contributed by atoms with Crippen molar-refractivity contribution in [3.8, 4) is 0 Å². The molecule has 1 aliphatic rings. The predicted octanol–water partition coefficient (Wildman–Crippen LogP) is -0.0893. The summed E-state index contributed by atoms with van der Waals surface area (Å²) in [7, 11) is 2.09. The van der Waals surface area contributed by atoms with Gasteiger partial charge in [0.25, 0.3) is 0 Å². The standard InChI is InChI=1S/C7H12N4/c1-10-2-3-11-6(8)4-9-7(11)5-10/h4H,2-3,5,8H2,1H3. The normalized spacial score (nSPS) is 18.3. The number of anilines is 1. The second-order valence-electron chi connectivity index (χ2n) is 2.99. The van der Waals surface area contributed by atoms with Gasteiger partial charge in [-0.05, 0) is 7.05 Å². The first-order valence-electron chi connectivity index (χ1n) is 3.76. The Hall–Kier alpha value is -1.03. The van der Waals surface area contributed by atoms with E-state index < -0.39 is 0 Å². The largest absolute Gasteiger partial charge is 0.384 e. The Morgan fingerprint density at radius 1 is 1.55 bits per heavy atom. The summed E-state index contributed by atoms with van der Waals surface area (Å²) in [5, 5.41) is 0. The zero-order valence-electron chi connectivity index (χ0n) is 6.62. The fourth-order valence-electron chi connectivity index (χ4n) is 1.40. The average Bonchev–Trinajstić information content (AvgIpc) is 2.32. The minimum absolute atomic E-state index is 0.785. The van der Waals surface area contributed by atoms with E-state index in [4.69, 9.17) is 5.73 Å². The quantitative estimate of drug-likeness (QED) is 0.565. The van der Waals surface area contributed by atoms with Gasteiger partial charge < -0.3 is 10.3 Å². The van der Waals surface area contributed by atoms with Crippen LogP contribution in [0.1, 0.15) is 5.82 Å². The summed E-state index contributed by atoms with van der Waals surface area (Å²) < 4.78 is 2.07. The molecule has 4 nitrogen and oxygen atoms in total. The van der Waals surface area contributed by atoms with Crippen molar-refractivity contribution in [3.63, 3.8) is 0 Å². The lowest BCUT2D eigenvalue weighted by Gasteiger charge is -2.23. The molecule has 11 heavy (non-hydrogen) atoms. The molecule has 0 saturated heterocycles. The number of likely N-dealkylation sites (N-methyl/N-ethyl adjacent to an activating group) is 1. The van der Waals surface area contributed by atoms with Gasteiger partial charge in [-0.15, -0.1) is 0 Å². The summed E-state index contributed by atoms with van der Waals surface area (Å²) in [5.74, 6) is 1.87. The van der Waals surface area contributed by atoms with Crippen molar-refractivity contribution in [1.82, 2.24) is 14.5 Å². The molecule has 0 amide bonds. The van der Waals surface area contributed by atoms with Crippen LogP contribution < -0.4 is 5.73 Å². The lowest BCUT2D eigenvalue weighted by Crippen LogP contribution is -2.30. The first-order chi connectivity index (χ1) is 5.27. The number of fused-ring (bicyclic) bond motifs is 1. The molecule has 0 atom stereocenters. The lowest BCUT2D eigenvalue weighted by molar-refractivity contribution is 0.266. The smallest absolute Gasteiger partial charge is 0.124 e. The van der Waals surface area contributed by atoms with E-state index in [-0.39, 0.29) is 0 Å². The van der Waals surface area contributed by atoms with Gasteiger partial charge in [-0.2, -0.15) is 0 Å². The molecule has 0 aliphatic carbocycles. The Bertz CT molecular complexity index is 265. The molecule has 0 bridgehead atoms. The van der Waals surface area contributed by atoms with Crippen LogP contribution >= 0.6 is 0 Å². The van der Waals surface area contributed by atoms with E-state index >= 15 is 0 Å². The molecule has 0 saturated carbocycles. The van der Waals surface area contributed by atoms with Crippen molar-refractivity contribution in [2.45, 2.75) is 13.1 Å². The molecule has 0 unspecified atom stereocenters. The van der Waals surface area contributed by atoms with Crippen LogP contribution in [0.15, 0.2) is 6.20 Å². The summed E-state index contributed by atoms with van der Waals surface area (Å²) in [4.78, 5) is 6.44. The number of nitrogens with two attached hydrogens (primary N) is 1. The second kappa shape index (κ2) is 2.23. The van der Waals surface area contributed by atoms with Gasteiger partial charge in [0, 0.05) is 13.1 Å². The summed E-state index contributed by atoms with van der Waals surface area (Å²) in [5.41, 5.74) is 5.69. The number of nitrogens with zero attached hydrogens (tertiary/aromatic N) is 3. The molecule has 4 heteroatoms. The molecule has 2 heterocycles. The first-order valence-corrected chi connectivity index (χ1v) is 3.76. The van der Waals surface area contributed by atoms with E-state index in [1.54, 1.807) is 6.20 Å². The molecule has 2 N–H and O–H groups in total. The monoisotopic (exact) mass is 152 g/mol. The number of rotatable bonds is 0.